The highest BCUT2D eigenvalue weighted by molar-refractivity contribution is 6.07. The van der Waals surface area contributed by atoms with Gasteiger partial charge in [-0.15, -0.1) is 0 Å². The van der Waals surface area contributed by atoms with E-state index in [1.807, 2.05) is 4.98 Å². The lowest BCUT2D eigenvalue weighted by molar-refractivity contribution is 0.0695. The number of anilines is 1. The number of nitrogen functional groups attached to an aromatic ring is 1. The van der Waals surface area contributed by atoms with E-state index < -0.39 is 81.4 Å². The molecule has 2 aromatic carbocycles. The first-order valence-corrected chi connectivity index (χ1v) is 9.24. The van der Waals surface area contributed by atoms with Crippen molar-refractivity contribution in [1.29, 1.82) is 0 Å². The number of nitrogens with two attached hydrogens (primary N) is 1. The zero-order valence-electron chi connectivity index (χ0n) is 17.3. The first-order chi connectivity index (χ1) is 16.4. The predicted octanol–water partition coefficient (Wildman–Crippen LogP) is 3.30. The number of nitrogens with one attached hydrogen (secondary N) is 1. The summed E-state index contributed by atoms with van der Waals surface area (Å²) in [7, 11) is 1.16. The summed E-state index contributed by atoms with van der Waals surface area (Å²) in [6.07, 6.45) is 0. The van der Waals surface area contributed by atoms with Crippen LogP contribution in [0.1, 0.15) is 26.3 Å². The van der Waals surface area contributed by atoms with E-state index >= 15 is 0 Å². The minimum Gasteiger partial charge on any atom is -0.496 e. The maximum Gasteiger partial charge on any atom is 0.342 e. The second-order valence-corrected chi connectivity index (χ2v) is 6.82. The lowest BCUT2D eigenvalue weighted by atomic mass is 9.94. The molecular weight excluding hydrogens is 487 g/mol. The topological polar surface area (TPSA) is 152 Å². The number of benzene rings is 2. The summed E-state index contributed by atoms with van der Waals surface area (Å²) in [4.78, 5) is 37.6. The Morgan fingerprint density at radius 1 is 0.943 bits per heavy atom. The quantitative estimate of drug-likeness (QED) is 0.219. The number of methoxy groups -OCH3 is 1. The van der Waals surface area contributed by atoms with Gasteiger partial charge in [-0.1, -0.05) is 6.07 Å². The van der Waals surface area contributed by atoms with Gasteiger partial charge in [0.2, 0.25) is 29.1 Å². The fourth-order valence-electron chi connectivity index (χ4n) is 3.24. The van der Waals surface area contributed by atoms with Crippen molar-refractivity contribution in [2.45, 2.75) is 6.61 Å². The summed E-state index contributed by atoms with van der Waals surface area (Å²) in [5.74, 6) is -17.1. The number of carbonyl (C=O) groups is 2. The van der Waals surface area contributed by atoms with Crippen LogP contribution in [0.2, 0.25) is 0 Å². The molecular formula is C21H13F5N2O7. The molecule has 14 heteroatoms. The van der Waals surface area contributed by atoms with Crippen LogP contribution < -0.4 is 20.8 Å². The van der Waals surface area contributed by atoms with E-state index in [4.69, 9.17) is 15.2 Å². The maximum absolute atomic E-state index is 13.9. The first kappa shape index (κ1) is 25.0. The summed E-state index contributed by atoms with van der Waals surface area (Å²) in [5, 5.41) is 19.0. The van der Waals surface area contributed by atoms with Crippen LogP contribution in [0.15, 0.2) is 23.0 Å². The zero-order valence-corrected chi connectivity index (χ0v) is 17.3. The van der Waals surface area contributed by atoms with Crippen molar-refractivity contribution >= 4 is 17.8 Å². The number of hydrogen-bond donors (Lipinski definition) is 4. The highest BCUT2D eigenvalue weighted by Crippen LogP contribution is 2.34. The second kappa shape index (κ2) is 9.32. The molecule has 0 amide bonds. The number of aromatic nitrogens is 1. The van der Waals surface area contributed by atoms with Gasteiger partial charge in [0.05, 0.1) is 7.11 Å². The van der Waals surface area contributed by atoms with Gasteiger partial charge in [0.15, 0.2) is 5.75 Å². The van der Waals surface area contributed by atoms with Gasteiger partial charge in [-0.2, -0.15) is 8.78 Å². The molecule has 1 aromatic heterocycles. The van der Waals surface area contributed by atoms with E-state index in [0.717, 1.165) is 19.2 Å². The highest BCUT2D eigenvalue weighted by atomic mass is 19.2. The Balaban J connectivity index is 2.19. The van der Waals surface area contributed by atoms with Crippen LogP contribution in [-0.4, -0.2) is 34.2 Å². The van der Waals surface area contributed by atoms with Crippen molar-refractivity contribution < 1.29 is 51.2 Å². The summed E-state index contributed by atoms with van der Waals surface area (Å²) in [6.45, 7) is -0.876. The summed E-state index contributed by atoms with van der Waals surface area (Å²) >= 11 is 0. The molecule has 0 saturated carbocycles. The van der Waals surface area contributed by atoms with Crippen LogP contribution in [0, 0.1) is 29.1 Å². The number of aromatic carboxylic acids is 2. The Bertz CT molecular complexity index is 1410. The molecule has 0 aliphatic heterocycles. The van der Waals surface area contributed by atoms with E-state index in [0.29, 0.717) is 0 Å². The molecule has 184 valence electrons. The second-order valence-electron chi connectivity index (χ2n) is 6.82. The SMILES string of the molecule is COc1ccc(-c2c(C(=O)O)c(N)[nH]c(=O)c2C(=O)O)cc1COc1c(F)c(F)c(F)c(F)c1F. The third kappa shape index (κ3) is 4.32. The van der Waals surface area contributed by atoms with E-state index in [9.17, 15) is 46.5 Å². The van der Waals surface area contributed by atoms with Crippen molar-refractivity contribution in [3.8, 4) is 22.6 Å². The number of aromatic amines is 1. The Morgan fingerprint density at radius 3 is 2.00 bits per heavy atom. The molecule has 35 heavy (non-hydrogen) atoms. The molecule has 0 radical (unpaired) electrons. The van der Waals surface area contributed by atoms with Gasteiger partial charge >= 0.3 is 11.9 Å². The van der Waals surface area contributed by atoms with Gasteiger partial charge in [0.1, 0.15) is 29.3 Å². The van der Waals surface area contributed by atoms with Crippen molar-refractivity contribution in [2.75, 3.05) is 12.8 Å². The minimum atomic E-state index is -2.39. The molecule has 1 heterocycles. The minimum absolute atomic E-state index is 0.0517. The van der Waals surface area contributed by atoms with Gasteiger partial charge in [0, 0.05) is 11.1 Å². The molecule has 3 rings (SSSR count). The summed E-state index contributed by atoms with van der Waals surface area (Å²) in [5.41, 5.74) is 1.65. The number of hydrogen-bond acceptors (Lipinski definition) is 6. The number of H-pyrrole nitrogens is 1. The van der Waals surface area contributed by atoms with Crippen molar-refractivity contribution in [3.63, 3.8) is 0 Å². The van der Waals surface area contributed by atoms with Crippen LogP contribution in [0.3, 0.4) is 0 Å². The number of carboxylic acids is 2. The van der Waals surface area contributed by atoms with Gasteiger partial charge in [-0.05, 0) is 17.7 Å². The number of pyridine rings is 1. The Hall–Kier alpha value is -4.62. The Labute approximate surface area is 191 Å². The predicted molar refractivity (Wildman–Crippen MR) is 108 cm³/mol. The van der Waals surface area contributed by atoms with E-state index in [-0.39, 0.29) is 16.9 Å². The van der Waals surface area contributed by atoms with Gasteiger partial charge in [-0.25, -0.2) is 22.8 Å². The third-order valence-corrected chi connectivity index (χ3v) is 4.78. The maximum atomic E-state index is 13.9. The number of carboxylic acid groups (broad SMARTS) is 2. The molecule has 0 spiro atoms. The Kier molecular flexibility index (Phi) is 6.66. The van der Waals surface area contributed by atoms with Crippen LogP contribution in [-0.2, 0) is 6.61 Å². The molecule has 0 aliphatic rings. The summed E-state index contributed by atoms with van der Waals surface area (Å²) in [6, 6.07) is 3.37. The molecule has 0 bridgehead atoms. The van der Waals surface area contributed by atoms with Crippen LogP contribution >= 0.6 is 0 Å². The van der Waals surface area contributed by atoms with Crippen LogP contribution in [0.5, 0.6) is 11.5 Å². The lowest BCUT2D eigenvalue weighted by Crippen LogP contribution is -2.24. The number of ether oxygens (including phenoxy) is 2. The molecule has 5 N–H and O–H groups in total. The van der Waals surface area contributed by atoms with Crippen molar-refractivity contribution in [2.24, 2.45) is 0 Å². The first-order valence-electron chi connectivity index (χ1n) is 9.24. The molecule has 0 unspecified atom stereocenters. The molecule has 3 aromatic rings. The smallest absolute Gasteiger partial charge is 0.342 e. The molecule has 0 saturated heterocycles. The highest BCUT2D eigenvalue weighted by Gasteiger charge is 2.29. The third-order valence-electron chi connectivity index (χ3n) is 4.78. The number of halogens is 5. The fraction of sp³-hybridized carbons (Fsp3) is 0.0952. The Morgan fingerprint density at radius 2 is 1.49 bits per heavy atom. The van der Waals surface area contributed by atoms with Crippen molar-refractivity contribution in [3.05, 3.63) is 74.3 Å². The standard InChI is InChI=1S/C21H13F5N2O7/c1-34-8-3-2-6(9-10(20(30)31)18(27)28-19(29)11(9)21(32)33)4-7(8)5-35-17-15(25)13(23)12(22)14(24)16(17)26/h2-4H,5H2,1H3,(H,30,31)(H,32,33)(H3,27,28,29). The van der Waals surface area contributed by atoms with Crippen LogP contribution in [0.25, 0.3) is 11.1 Å². The van der Waals surface area contributed by atoms with Gasteiger partial charge in [-0.3, -0.25) is 4.79 Å². The van der Waals surface area contributed by atoms with Crippen molar-refractivity contribution in [1.82, 2.24) is 4.98 Å². The fourth-order valence-corrected chi connectivity index (χ4v) is 3.24. The van der Waals surface area contributed by atoms with E-state index in [1.165, 1.54) is 6.07 Å². The van der Waals surface area contributed by atoms with E-state index in [2.05, 4.69) is 0 Å². The molecule has 9 nitrogen and oxygen atoms in total. The van der Waals surface area contributed by atoms with Gasteiger partial charge in [0.25, 0.3) is 5.56 Å². The van der Waals surface area contributed by atoms with Crippen LogP contribution in [0.4, 0.5) is 27.8 Å². The molecule has 0 atom stereocenters. The normalized spacial score (nSPS) is 10.8. The number of rotatable bonds is 7. The average Bonchev–Trinajstić information content (AvgIpc) is 2.80. The monoisotopic (exact) mass is 500 g/mol. The molecule has 0 aliphatic carbocycles. The average molecular weight is 500 g/mol. The van der Waals surface area contributed by atoms with E-state index in [1.54, 1.807) is 0 Å². The van der Waals surface area contributed by atoms with Gasteiger partial charge < -0.3 is 30.4 Å². The lowest BCUT2D eigenvalue weighted by Gasteiger charge is -2.16. The zero-order chi connectivity index (χ0) is 26.2. The summed E-state index contributed by atoms with van der Waals surface area (Å²) < 4.78 is 77.9. The molecule has 0 fully saturated rings. The largest absolute Gasteiger partial charge is 0.496 e.